The molecular weight excluding hydrogens is 218 g/mol. The van der Waals surface area contributed by atoms with Gasteiger partial charge in [0.15, 0.2) is 0 Å². The highest BCUT2D eigenvalue weighted by atomic mass is 16.5. The average Bonchev–Trinajstić information content (AvgIpc) is 2.37. The first-order valence-electron chi connectivity index (χ1n) is 5.28. The summed E-state index contributed by atoms with van der Waals surface area (Å²) in [5.41, 5.74) is 7.60. The van der Waals surface area contributed by atoms with Crippen LogP contribution in [-0.4, -0.2) is 26.7 Å². The molecule has 0 saturated heterocycles. The van der Waals surface area contributed by atoms with Crippen LogP contribution in [0.15, 0.2) is 24.8 Å². The van der Waals surface area contributed by atoms with E-state index in [9.17, 15) is 4.79 Å². The van der Waals surface area contributed by atoms with Gasteiger partial charge in [-0.1, -0.05) is 6.58 Å². The van der Waals surface area contributed by atoms with Crippen molar-refractivity contribution in [2.45, 2.75) is 6.42 Å². The van der Waals surface area contributed by atoms with Gasteiger partial charge in [-0.2, -0.15) is 0 Å². The molecule has 0 aliphatic heterocycles. The Kier molecular flexibility index (Phi) is 4.72. The number of benzene rings is 1. The van der Waals surface area contributed by atoms with Gasteiger partial charge in [0.25, 0.3) is 0 Å². The molecule has 0 radical (unpaired) electrons. The molecule has 0 amide bonds. The Morgan fingerprint density at radius 1 is 1.41 bits per heavy atom. The van der Waals surface area contributed by atoms with Crippen LogP contribution in [0.5, 0.6) is 5.75 Å². The maximum absolute atomic E-state index is 11.4. The zero-order valence-corrected chi connectivity index (χ0v) is 10.2. The molecule has 0 atom stereocenters. The second kappa shape index (κ2) is 6.06. The molecule has 0 bridgehead atoms. The molecular formula is C13H17NO3. The lowest BCUT2D eigenvalue weighted by Gasteiger charge is -2.11. The molecule has 1 rings (SSSR count). The summed E-state index contributed by atoms with van der Waals surface area (Å²) in [6.07, 6.45) is 0.654. The van der Waals surface area contributed by atoms with Crippen LogP contribution in [0.4, 0.5) is 0 Å². The third-order valence-electron chi connectivity index (χ3n) is 2.45. The smallest absolute Gasteiger partial charge is 0.337 e. The molecule has 0 spiro atoms. The van der Waals surface area contributed by atoms with Crippen molar-refractivity contribution in [3.05, 3.63) is 35.9 Å². The van der Waals surface area contributed by atoms with Gasteiger partial charge in [-0.25, -0.2) is 4.79 Å². The number of nitrogens with two attached hydrogens (primary N) is 1. The zero-order chi connectivity index (χ0) is 12.8. The second-order valence-corrected chi connectivity index (χ2v) is 3.55. The van der Waals surface area contributed by atoms with E-state index >= 15 is 0 Å². The molecule has 0 aromatic heterocycles. The molecule has 4 nitrogen and oxygen atoms in total. The topological polar surface area (TPSA) is 61.6 Å². The minimum absolute atomic E-state index is 0.380. The van der Waals surface area contributed by atoms with Gasteiger partial charge >= 0.3 is 5.97 Å². The summed E-state index contributed by atoms with van der Waals surface area (Å²) < 4.78 is 9.90. The van der Waals surface area contributed by atoms with E-state index in [0.717, 1.165) is 11.1 Å². The molecule has 0 aliphatic carbocycles. The van der Waals surface area contributed by atoms with E-state index in [-0.39, 0.29) is 5.97 Å². The molecule has 0 heterocycles. The summed E-state index contributed by atoms with van der Waals surface area (Å²) in [7, 11) is 2.92. The summed E-state index contributed by atoms with van der Waals surface area (Å²) in [4.78, 5) is 11.4. The Bertz CT molecular complexity index is 427. The first-order valence-corrected chi connectivity index (χ1v) is 5.28. The van der Waals surface area contributed by atoms with Crippen LogP contribution in [0.2, 0.25) is 0 Å². The number of carbonyl (C=O) groups excluding carboxylic acids is 1. The van der Waals surface area contributed by atoms with Gasteiger partial charge in [0.05, 0.1) is 19.8 Å². The molecule has 0 aliphatic rings. The molecule has 2 N–H and O–H groups in total. The van der Waals surface area contributed by atoms with Gasteiger partial charge in [0.2, 0.25) is 0 Å². The molecule has 1 aromatic carbocycles. The molecule has 17 heavy (non-hydrogen) atoms. The van der Waals surface area contributed by atoms with Crippen LogP contribution in [0.1, 0.15) is 22.3 Å². The number of carbonyl (C=O) groups is 1. The molecule has 1 aromatic rings. The number of methoxy groups -OCH3 is 2. The van der Waals surface area contributed by atoms with Crippen molar-refractivity contribution in [1.29, 1.82) is 0 Å². The number of hydrogen-bond donors (Lipinski definition) is 1. The molecule has 0 unspecified atom stereocenters. The van der Waals surface area contributed by atoms with Crippen molar-refractivity contribution in [2.24, 2.45) is 5.73 Å². The van der Waals surface area contributed by atoms with E-state index in [1.165, 1.54) is 7.11 Å². The Labute approximate surface area is 101 Å². The Balaban J connectivity index is 3.15. The summed E-state index contributed by atoms with van der Waals surface area (Å²) in [6.45, 7) is 4.44. The summed E-state index contributed by atoms with van der Waals surface area (Å²) >= 11 is 0. The number of rotatable bonds is 5. The predicted octanol–water partition coefficient (Wildman–Crippen LogP) is 1.84. The summed E-state index contributed by atoms with van der Waals surface area (Å²) in [5.74, 6) is 0.297. The third kappa shape index (κ3) is 3.07. The van der Waals surface area contributed by atoms with Crippen LogP contribution >= 0.6 is 0 Å². The lowest BCUT2D eigenvalue weighted by atomic mass is 10.0. The van der Waals surface area contributed by atoms with Crippen molar-refractivity contribution in [3.63, 3.8) is 0 Å². The lowest BCUT2D eigenvalue weighted by molar-refractivity contribution is 0.0600. The van der Waals surface area contributed by atoms with Crippen molar-refractivity contribution in [1.82, 2.24) is 0 Å². The van der Waals surface area contributed by atoms with Crippen LogP contribution in [-0.2, 0) is 4.74 Å². The van der Waals surface area contributed by atoms with Crippen molar-refractivity contribution in [3.8, 4) is 5.75 Å². The van der Waals surface area contributed by atoms with E-state index < -0.39 is 0 Å². The van der Waals surface area contributed by atoms with E-state index in [1.807, 2.05) is 0 Å². The van der Waals surface area contributed by atoms with E-state index in [4.69, 9.17) is 10.5 Å². The first kappa shape index (κ1) is 13.3. The monoisotopic (exact) mass is 235 g/mol. The minimum Gasteiger partial charge on any atom is -0.496 e. The third-order valence-corrected chi connectivity index (χ3v) is 2.45. The normalized spacial score (nSPS) is 9.82. The number of ether oxygens (including phenoxy) is 2. The molecule has 0 fully saturated rings. The lowest BCUT2D eigenvalue weighted by Crippen LogP contribution is -2.04. The second-order valence-electron chi connectivity index (χ2n) is 3.55. The van der Waals surface area contributed by atoms with Crippen LogP contribution < -0.4 is 10.5 Å². The standard InChI is InChI=1S/C13H17NO3/c1-9(6-7-14)11-8-10(13(15)17-3)4-5-12(11)16-2/h4-5,8H,1,6-7,14H2,2-3H3. The maximum Gasteiger partial charge on any atom is 0.337 e. The highest BCUT2D eigenvalue weighted by Crippen LogP contribution is 2.28. The zero-order valence-electron chi connectivity index (χ0n) is 10.2. The van der Waals surface area contributed by atoms with Crippen LogP contribution in [0.25, 0.3) is 5.57 Å². The molecule has 92 valence electrons. The largest absolute Gasteiger partial charge is 0.496 e. The predicted molar refractivity (Wildman–Crippen MR) is 67.0 cm³/mol. The number of hydrogen-bond acceptors (Lipinski definition) is 4. The Hall–Kier alpha value is -1.81. The first-order chi connectivity index (χ1) is 8.13. The van der Waals surface area contributed by atoms with Gasteiger partial charge in [-0.3, -0.25) is 0 Å². The minimum atomic E-state index is -0.380. The number of esters is 1. The van der Waals surface area contributed by atoms with Crippen molar-refractivity contribution < 1.29 is 14.3 Å². The average molecular weight is 235 g/mol. The van der Waals surface area contributed by atoms with Crippen LogP contribution in [0, 0.1) is 0 Å². The SMILES string of the molecule is C=C(CCN)c1cc(C(=O)OC)ccc1OC. The van der Waals surface area contributed by atoms with E-state index in [0.29, 0.717) is 24.3 Å². The highest BCUT2D eigenvalue weighted by Gasteiger charge is 2.12. The highest BCUT2D eigenvalue weighted by molar-refractivity contribution is 5.91. The Morgan fingerprint density at radius 3 is 2.65 bits per heavy atom. The molecule has 4 heteroatoms. The molecule has 0 saturated carbocycles. The van der Waals surface area contributed by atoms with Crippen LogP contribution in [0.3, 0.4) is 0 Å². The summed E-state index contributed by atoms with van der Waals surface area (Å²) in [6, 6.07) is 5.09. The maximum atomic E-state index is 11.4. The summed E-state index contributed by atoms with van der Waals surface area (Å²) in [5, 5.41) is 0. The van der Waals surface area contributed by atoms with Crippen molar-refractivity contribution in [2.75, 3.05) is 20.8 Å². The fourth-order valence-corrected chi connectivity index (χ4v) is 1.54. The fourth-order valence-electron chi connectivity index (χ4n) is 1.54. The Morgan fingerprint density at radius 2 is 2.12 bits per heavy atom. The van der Waals surface area contributed by atoms with Gasteiger partial charge in [0, 0.05) is 5.56 Å². The van der Waals surface area contributed by atoms with Gasteiger partial charge in [-0.05, 0) is 36.7 Å². The van der Waals surface area contributed by atoms with E-state index in [2.05, 4.69) is 11.3 Å². The van der Waals surface area contributed by atoms with Crippen molar-refractivity contribution >= 4 is 11.5 Å². The van der Waals surface area contributed by atoms with Gasteiger partial charge in [-0.15, -0.1) is 0 Å². The quantitative estimate of drug-likeness (QED) is 0.791. The fraction of sp³-hybridized carbons (Fsp3) is 0.308. The van der Waals surface area contributed by atoms with Gasteiger partial charge in [0.1, 0.15) is 5.75 Å². The van der Waals surface area contributed by atoms with E-state index in [1.54, 1.807) is 25.3 Å². The van der Waals surface area contributed by atoms with Gasteiger partial charge < -0.3 is 15.2 Å².